The number of hydrogen-bond donors (Lipinski definition) is 1. The molecule has 19 heavy (non-hydrogen) atoms. The highest BCUT2D eigenvalue weighted by Crippen LogP contribution is 2.40. The summed E-state index contributed by atoms with van der Waals surface area (Å²) in [6.07, 6.45) is 7.64. The van der Waals surface area contributed by atoms with E-state index in [-0.39, 0.29) is 5.91 Å². The molecule has 1 saturated carbocycles. The summed E-state index contributed by atoms with van der Waals surface area (Å²) in [5, 5.41) is 11.1. The second-order valence-electron chi connectivity index (χ2n) is 5.14. The zero-order valence-electron chi connectivity index (χ0n) is 11.1. The molecule has 0 unspecified atom stereocenters. The molecular formula is C13H17N5O. The first-order chi connectivity index (χ1) is 9.15. The van der Waals surface area contributed by atoms with E-state index in [1.165, 1.54) is 0 Å². The van der Waals surface area contributed by atoms with Crippen LogP contribution in [0.15, 0.2) is 18.6 Å². The highest BCUT2D eigenvalue weighted by atomic mass is 16.2. The number of aromatic amines is 1. The third kappa shape index (κ3) is 2.38. The zero-order chi connectivity index (χ0) is 13.4. The Balaban J connectivity index is 1.79. The summed E-state index contributed by atoms with van der Waals surface area (Å²) in [6.45, 7) is 0.550. The van der Waals surface area contributed by atoms with Gasteiger partial charge in [-0.3, -0.25) is 14.6 Å². The normalized spacial score (nSPS) is 14.6. The molecule has 1 amide bonds. The number of amides is 1. The largest absolute Gasteiger partial charge is 0.337 e. The molecule has 0 spiro atoms. The average Bonchev–Trinajstić information content (AvgIpc) is 2.97. The van der Waals surface area contributed by atoms with E-state index >= 15 is 0 Å². The fourth-order valence-corrected chi connectivity index (χ4v) is 2.24. The van der Waals surface area contributed by atoms with Crippen LogP contribution in [0.2, 0.25) is 0 Å². The van der Waals surface area contributed by atoms with Crippen molar-refractivity contribution in [1.82, 2.24) is 24.9 Å². The summed E-state index contributed by atoms with van der Waals surface area (Å²) >= 11 is 0. The number of carbonyl (C=O) groups excluding carboxylic acids is 1. The van der Waals surface area contributed by atoms with E-state index in [4.69, 9.17) is 0 Å². The first-order valence-electron chi connectivity index (χ1n) is 6.42. The van der Waals surface area contributed by atoms with Crippen LogP contribution in [-0.2, 0) is 13.6 Å². The van der Waals surface area contributed by atoms with Gasteiger partial charge in [-0.25, -0.2) is 0 Å². The summed E-state index contributed by atoms with van der Waals surface area (Å²) in [5.41, 5.74) is 2.68. The molecule has 1 N–H and O–H groups in total. The van der Waals surface area contributed by atoms with Crippen LogP contribution in [0.3, 0.4) is 0 Å². The summed E-state index contributed by atoms with van der Waals surface area (Å²) in [4.78, 5) is 14.2. The van der Waals surface area contributed by atoms with Crippen molar-refractivity contribution >= 4 is 5.91 Å². The Morgan fingerprint density at radius 1 is 1.58 bits per heavy atom. The molecule has 100 valence electrons. The summed E-state index contributed by atoms with van der Waals surface area (Å²) in [6, 6.07) is 0. The minimum atomic E-state index is 0.0243. The van der Waals surface area contributed by atoms with E-state index in [0.29, 0.717) is 12.5 Å². The number of nitrogens with one attached hydrogen (secondary N) is 1. The van der Waals surface area contributed by atoms with E-state index in [1.54, 1.807) is 29.0 Å². The number of hydrogen-bond acceptors (Lipinski definition) is 3. The smallest absolute Gasteiger partial charge is 0.257 e. The monoisotopic (exact) mass is 259 g/mol. The van der Waals surface area contributed by atoms with Crippen LogP contribution in [0.1, 0.15) is 40.4 Å². The van der Waals surface area contributed by atoms with Gasteiger partial charge in [-0.1, -0.05) is 0 Å². The lowest BCUT2D eigenvalue weighted by Crippen LogP contribution is -2.26. The SMILES string of the molecule is CN(Cc1cn[nH]c1)C(=O)c1cn(C)nc1C1CC1. The van der Waals surface area contributed by atoms with Gasteiger partial charge in [0.2, 0.25) is 0 Å². The van der Waals surface area contributed by atoms with Crippen LogP contribution in [0.4, 0.5) is 0 Å². The van der Waals surface area contributed by atoms with Gasteiger partial charge in [-0.05, 0) is 12.8 Å². The minimum Gasteiger partial charge on any atom is -0.337 e. The van der Waals surface area contributed by atoms with Crippen LogP contribution < -0.4 is 0 Å². The molecule has 6 nitrogen and oxygen atoms in total. The van der Waals surface area contributed by atoms with Gasteiger partial charge >= 0.3 is 0 Å². The molecule has 0 saturated heterocycles. The van der Waals surface area contributed by atoms with Crippen LogP contribution in [-0.4, -0.2) is 37.8 Å². The van der Waals surface area contributed by atoms with Gasteiger partial charge in [0, 0.05) is 44.5 Å². The molecule has 0 aromatic carbocycles. The van der Waals surface area contributed by atoms with Crippen LogP contribution in [0, 0.1) is 0 Å². The number of carbonyl (C=O) groups is 1. The van der Waals surface area contributed by atoms with Crippen molar-refractivity contribution in [3.05, 3.63) is 35.4 Å². The molecule has 2 aromatic rings. The molecule has 6 heteroatoms. The Hall–Kier alpha value is -2.11. The number of nitrogens with zero attached hydrogens (tertiary/aromatic N) is 4. The van der Waals surface area contributed by atoms with Crippen molar-refractivity contribution in [2.75, 3.05) is 7.05 Å². The predicted octanol–water partition coefficient (Wildman–Crippen LogP) is 1.29. The Bertz CT molecular complexity index is 582. The Morgan fingerprint density at radius 3 is 3.00 bits per heavy atom. The first-order valence-corrected chi connectivity index (χ1v) is 6.42. The van der Waals surface area contributed by atoms with Crippen molar-refractivity contribution in [2.24, 2.45) is 7.05 Å². The Labute approximate surface area is 111 Å². The van der Waals surface area contributed by atoms with Gasteiger partial charge in [-0.15, -0.1) is 0 Å². The van der Waals surface area contributed by atoms with Gasteiger partial charge in [0.15, 0.2) is 0 Å². The fourth-order valence-electron chi connectivity index (χ4n) is 2.24. The maximum absolute atomic E-state index is 12.5. The lowest BCUT2D eigenvalue weighted by atomic mass is 10.1. The Morgan fingerprint density at radius 2 is 2.37 bits per heavy atom. The summed E-state index contributed by atoms with van der Waals surface area (Å²) < 4.78 is 1.73. The summed E-state index contributed by atoms with van der Waals surface area (Å²) in [5.74, 6) is 0.499. The molecule has 0 bridgehead atoms. The van der Waals surface area contributed by atoms with E-state index in [0.717, 1.165) is 29.7 Å². The van der Waals surface area contributed by atoms with Gasteiger partial charge < -0.3 is 4.90 Å². The van der Waals surface area contributed by atoms with Crippen molar-refractivity contribution < 1.29 is 4.79 Å². The molecule has 0 atom stereocenters. The quantitative estimate of drug-likeness (QED) is 0.899. The van der Waals surface area contributed by atoms with E-state index in [1.807, 2.05) is 13.2 Å². The number of rotatable bonds is 4. The third-order valence-corrected chi connectivity index (χ3v) is 3.37. The van der Waals surface area contributed by atoms with Gasteiger partial charge in [0.05, 0.1) is 17.5 Å². The molecule has 2 aromatic heterocycles. The number of H-pyrrole nitrogens is 1. The Kier molecular flexibility index (Phi) is 2.85. The molecule has 0 radical (unpaired) electrons. The van der Waals surface area contributed by atoms with E-state index < -0.39 is 0 Å². The zero-order valence-corrected chi connectivity index (χ0v) is 11.1. The van der Waals surface area contributed by atoms with Crippen LogP contribution in [0.25, 0.3) is 0 Å². The van der Waals surface area contributed by atoms with Gasteiger partial charge in [0.1, 0.15) is 0 Å². The molecule has 0 aliphatic heterocycles. The molecular weight excluding hydrogens is 242 g/mol. The first kappa shape index (κ1) is 12.0. The lowest BCUT2D eigenvalue weighted by Gasteiger charge is -2.15. The second kappa shape index (κ2) is 4.53. The molecule has 1 aliphatic rings. The topological polar surface area (TPSA) is 66.8 Å². The fraction of sp³-hybridized carbons (Fsp3) is 0.462. The van der Waals surface area contributed by atoms with Crippen molar-refractivity contribution in [2.45, 2.75) is 25.3 Å². The predicted molar refractivity (Wildman–Crippen MR) is 69.6 cm³/mol. The van der Waals surface area contributed by atoms with Crippen molar-refractivity contribution in [1.29, 1.82) is 0 Å². The van der Waals surface area contributed by atoms with Gasteiger partial charge in [-0.2, -0.15) is 10.2 Å². The second-order valence-corrected chi connectivity index (χ2v) is 5.14. The maximum atomic E-state index is 12.5. The average molecular weight is 259 g/mol. The van der Waals surface area contributed by atoms with Crippen LogP contribution >= 0.6 is 0 Å². The van der Waals surface area contributed by atoms with Crippen molar-refractivity contribution in [3.8, 4) is 0 Å². The lowest BCUT2D eigenvalue weighted by molar-refractivity contribution is 0.0784. The van der Waals surface area contributed by atoms with E-state index in [9.17, 15) is 4.79 Å². The summed E-state index contributed by atoms with van der Waals surface area (Å²) in [7, 11) is 3.66. The maximum Gasteiger partial charge on any atom is 0.257 e. The van der Waals surface area contributed by atoms with Crippen molar-refractivity contribution in [3.63, 3.8) is 0 Å². The standard InChI is InChI=1S/C13H17N5O/c1-17(7-9-5-14-15-6-9)13(19)11-8-18(2)16-12(11)10-3-4-10/h5-6,8,10H,3-4,7H2,1-2H3,(H,14,15). The van der Waals surface area contributed by atoms with Gasteiger partial charge in [0.25, 0.3) is 5.91 Å². The van der Waals surface area contributed by atoms with Crippen LogP contribution in [0.5, 0.6) is 0 Å². The highest BCUT2D eigenvalue weighted by Gasteiger charge is 2.32. The number of aryl methyl sites for hydroxylation is 1. The number of aromatic nitrogens is 4. The minimum absolute atomic E-state index is 0.0243. The highest BCUT2D eigenvalue weighted by molar-refractivity contribution is 5.95. The molecule has 3 rings (SSSR count). The molecule has 1 aliphatic carbocycles. The van der Waals surface area contributed by atoms with E-state index in [2.05, 4.69) is 15.3 Å². The molecule has 2 heterocycles. The third-order valence-electron chi connectivity index (χ3n) is 3.37. The molecule has 1 fully saturated rings.